The first-order chi connectivity index (χ1) is 10.1. The number of ether oxygens (including phenoxy) is 1. The molecule has 0 aromatic carbocycles. The second-order valence-electron chi connectivity index (χ2n) is 7.36. The second-order valence-corrected chi connectivity index (χ2v) is 9.59. The Bertz CT molecular complexity index is 498. The van der Waals surface area contributed by atoms with Gasteiger partial charge in [0.05, 0.1) is 11.5 Å². The van der Waals surface area contributed by atoms with Crippen molar-refractivity contribution in [1.29, 1.82) is 0 Å². The molecular formula is C15H28N2O4S. The molecule has 0 bridgehead atoms. The number of nitrogens with zero attached hydrogens (tertiary/aromatic N) is 1. The van der Waals surface area contributed by atoms with Crippen LogP contribution in [0.15, 0.2) is 0 Å². The van der Waals surface area contributed by atoms with Gasteiger partial charge in [-0.2, -0.15) is 0 Å². The van der Waals surface area contributed by atoms with Crippen molar-refractivity contribution in [3.05, 3.63) is 0 Å². The quantitative estimate of drug-likeness (QED) is 0.830. The number of sulfone groups is 1. The van der Waals surface area contributed by atoms with E-state index in [0.29, 0.717) is 25.3 Å². The van der Waals surface area contributed by atoms with E-state index in [9.17, 15) is 13.2 Å². The van der Waals surface area contributed by atoms with E-state index >= 15 is 0 Å². The molecular weight excluding hydrogens is 304 g/mol. The van der Waals surface area contributed by atoms with Crippen LogP contribution in [-0.2, 0) is 14.6 Å². The Morgan fingerprint density at radius 1 is 1.14 bits per heavy atom. The van der Waals surface area contributed by atoms with Gasteiger partial charge in [-0.05, 0) is 46.5 Å². The molecule has 2 aliphatic heterocycles. The van der Waals surface area contributed by atoms with Crippen molar-refractivity contribution in [2.45, 2.75) is 64.1 Å². The van der Waals surface area contributed by atoms with Crippen molar-refractivity contribution in [1.82, 2.24) is 10.2 Å². The van der Waals surface area contributed by atoms with Crippen LogP contribution in [0.25, 0.3) is 0 Å². The van der Waals surface area contributed by atoms with E-state index in [0.717, 1.165) is 19.3 Å². The summed E-state index contributed by atoms with van der Waals surface area (Å²) in [5, 5.41) is 3.46. The van der Waals surface area contributed by atoms with Crippen molar-refractivity contribution in [3.8, 4) is 0 Å². The van der Waals surface area contributed by atoms with Gasteiger partial charge in [-0.15, -0.1) is 0 Å². The zero-order valence-electron chi connectivity index (χ0n) is 13.8. The third-order valence-electron chi connectivity index (χ3n) is 4.08. The number of hydrogen-bond acceptors (Lipinski definition) is 5. The number of hydrogen-bond donors (Lipinski definition) is 1. The summed E-state index contributed by atoms with van der Waals surface area (Å²) in [7, 11) is -2.85. The normalized spacial score (nSPS) is 29.1. The summed E-state index contributed by atoms with van der Waals surface area (Å²) in [4.78, 5) is 13.9. The molecule has 0 spiro atoms. The van der Waals surface area contributed by atoms with E-state index in [4.69, 9.17) is 4.74 Å². The average Bonchev–Trinajstić information content (AvgIpc) is 2.58. The lowest BCUT2D eigenvalue weighted by Crippen LogP contribution is -2.40. The van der Waals surface area contributed by atoms with Gasteiger partial charge in [0.1, 0.15) is 5.60 Å². The number of likely N-dealkylation sites (tertiary alicyclic amines) is 1. The molecule has 0 radical (unpaired) electrons. The van der Waals surface area contributed by atoms with Gasteiger partial charge in [0.25, 0.3) is 0 Å². The van der Waals surface area contributed by atoms with Crippen LogP contribution in [0.1, 0.15) is 46.5 Å². The highest BCUT2D eigenvalue weighted by Gasteiger charge is 2.31. The Morgan fingerprint density at radius 3 is 2.45 bits per heavy atom. The molecule has 0 saturated carbocycles. The third kappa shape index (κ3) is 5.43. The predicted octanol–water partition coefficient (Wildman–Crippen LogP) is 1.55. The zero-order valence-corrected chi connectivity index (χ0v) is 14.6. The summed E-state index contributed by atoms with van der Waals surface area (Å²) in [5.74, 6) is 0.542. The summed E-state index contributed by atoms with van der Waals surface area (Å²) in [6.07, 6.45) is 3.17. The third-order valence-corrected chi connectivity index (χ3v) is 5.85. The molecule has 2 rings (SSSR count). The van der Waals surface area contributed by atoms with Crippen LogP contribution in [-0.4, -0.2) is 61.7 Å². The fourth-order valence-corrected chi connectivity index (χ4v) is 4.72. The maximum atomic E-state index is 12.1. The molecule has 6 nitrogen and oxygen atoms in total. The van der Waals surface area contributed by atoms with E-state index in [1.807, 2.05) is 20.8 Å². The molecule has 2 aliphatic rings. The molecule has 0 aromatic rings. The molecule has 2 heterocycles. The Morgan fingerprint density at radius 2 is 1.86 bits per heavy atom. The summed E-state index contributed by atoms with van der Waals surface area (Å²) in [5.41, 5.74) is -0.473. The van der Waals surface area contributed by atoms with Gasteiger partial charge in [0, 0.05) is 25.2 Å². The van der Waals surface area contributed by atoms with E-state index < -0.39 is 15.4 Å². The van der Waals surface area contributed by atoms with Gasteiger partial charge in [-0.25, -0.2) is 13.2 Å². The van der Waals surface area contributed by atoms with Crippen LogP contribution in [0.3, 0.4) is 0 Å². The van der Waals surface area contributed by atoms with Crippen LogP contribution < -0.4 is 5.32 Å². The topological polar surface area (TPSA) is 75.7 Å². The summed E-state index contributed by atoms with van der Waals surface area (Å²) in [6.45, 7) is 6.97. The summed E-state index contributed by atoms with van der Waals surface area (Å²) < 4.78 is 28.4. The maximum absolute atomic E-state index is 12.1. The molecule has 2 unspecified atom stereocenters. The highest BCUT2D eigenvalue weighted by Crippen LogP contribution is 2.18. The van der Waals surface area contributed by atoms with Gasteiger partial charge in [0.15, 0.2) is 9.84 Å². The molecule has 1 amide bonds. The first-order valence-corrected chi connectivity index (χ1v) is 9.91. The highest BCUT2D eigenvalue weighted by molar-refractivity contribution is 7.91. The van der Waals surface area contributed by atoms with E-state index in [1.165, 1.54) is 0 Å². The number of carbonyl (C=O) groups excluding carboxylic acids is 1. The van der Waals surface area contributed by atoms with Gasteiger partial charge >= 0.3 is 6.09 Å². The van der Waals surface area contributed by atoms with Crippen LogP contribution >= 0.6 is 0 Å². The van der Waals surface area contributed by atoms with Gasteiger partial charge in [-0.1, -0.05) is 0 Å². The van der Waals surface area contributed by atoms with Gasteiger partial charge in [-0.3, -0.25) is 0 Å². The van der Waals surface area contributed by atoms with E-state index in [2.05, 4.69) is 5.32 Å². The lowest BCUT2D eigenvalue weighted by atomic mass is 10.1. The number of rotatable bonds is 2. The van der Waals surface area contributed by atoms with Gasteiger partial charge < -0.3 is 15.0 Å². The van der Waals surface area contributed by atoms with Crippen LogP contribution in [0.5, 0.6) is 0 Å². The molecule has 22 heavy (non-hydrogen) atoms. The van der Waals surface area contributed by atoms with Crippen molar-refractivity contribution in [3.63, 3.8) is 0 Å². The maximum Gasteiger partial charge on any atom is 0.410 e. The highest BCUT2D eigenvalue weighted by atomic mass is 32.2. The van der Waals surface area contributed by atoms with Crippen molar-refractivity contribution < 1.29 is 17.9 Å². The molecule has 128 valence electrons. The van der Waals surface area contributed by atoms with Crippen molar-refractivity contribution >= 4 is 15.9 Å². The fourth-order valence-electron chi connectivity index (χ4n) is 3.03. The predicted molar refractivity (Wildman–Crippen MR) is 85.6 cm³/mol. The standard InChI is InChI=1S/C15H28N2O4S/c1-15(2,3)21-14(18)17-8-4-5-12(6-9-17)16-13-7-10-22(19,20)11-13/h12-13,16H,4-11H2,1-3H3. The molecule has 0 aromatic heterocycles. The lowest BCUT2D eigenvalue weighted by Gasteiger charge is -2.26. The molecule has 2 fully saturated rings. The monoisotopic (exact) mass is 332 g/mol. The zero-order chi connectivity index (χ0) is 16.4. The molecule has 0 aliphatic carbocycles. The summed E-state index contributed by atoms with van der Waals surface area (Å²) in [6, 6.07) is 0.355. The van der Waals surface area contributed by atoms with Crippen LogP contribution in [0.4, 0.5) is 4.79 Å². The first-order valence-electron chi connectivity index (χ1n) is 8.09. The minimum Gasteiger partial charge on any atom is -0.444 e. The van der Waals surface area contributed by atoms with Crippen LogP contribution in [0, 0.1) is 0 Å². The number of carbonyl (C=O) groups is 1. The fraction of sp³-hybridized carbons (Fsp3) is 0.933. The largest absolute Gasteiger partial charge is 0.444 e. The van der Waals surface area contributed by atoms with Crippen molar-refractivity contribution in [2.75, 3.05) is 24.6 Å². The lowest BCUT2D eigenvalue weighted by molar-refractivity contribution is 0.0256. The Labute approximate surface area is 133 Å². The second kappa shape index (κ2) is 6.74. The van der Waals surface area contributed by atoms with E-state index in [1.54, 1.807) is 4.90 Å². The van der Waals surface area contributed by atoms with Gasteiger partial charge in [0.2, 0.25) is 0 Å². The van der Waals surface area contributed by atoms with Crippen LogP contribution in [0.2, 0.25) is 0 Å². The Balaban J connectivity index is 1.81. The van der Waals surface area contributed by atoms with E-state index in [-0.39, 0.29) is 23.9 Å². The first kappa shape index (κ1) is 17.5. The Hall–Kier alpha value is -0.820. The number of nitrogens with one attached hydrogen (secondary N) is 1. The summed E-state index contributed by atoms with van der Waals surface area (Å²) >= 11 is 0. The molecule has 7 heteroatoms. The molecule has 1 N–H and O–H groups in total. The number of amides is 1. The minimum absolute atomic E-state index is 0.0723. The molecule has 2 saturated heterocycles. The smallest absolute Gasteiger partial charge is 0.410 e. The van der Waals surface area contributed by atoms with Crippen molar-refractivity contribution in [2.24, 2.45) is 0 Å². The SMILES string of the molecule is CC(C)(C)OC(=O)N1CCCC(NC2CCS(=O)(=O)C2)CC1. The molecule has 2 atom stereocenters. The average molecular weight is 332 g/mol. The minimum atomic E-state index is -2.85. The Kier molecular flexibility index (Phi) is 5.37.